The Kier molecular flexibility index (Phi) is 4.84. The third-order valence-corrected chi connectivity index (χ3v) is 3.53. The highest BCUT2D eigenvalue weighted by Gasteiger charge is 2.32. The number of carbonyl (C=O) groups is 1. The number of amides is 1. The van der Waals surface area contributed by atoms with E-state index in [4.69, 9.17) is 5.73 Å². The molecule has 0 aliphatic heterocycles. The number of aliphatic hydroxyl groups is 2. The van der Waals surface area contributed by atoms with Crippen molar-refractivity contribution in [3.63, 3.8) is 0 Å². The highest BCUT2D eigenvalue weighted by Crippen LogP contribution is 2.30. The van der Waals surface area contributed by atoms with Crippen LogP contribution in [-0.4, -0.2) is 28.5 Å². The molecule has 1 unspecified atom stereocenters. The zero-order chi connectivity index (χ0) is 15.3. The summed E-state index contributed by atoms with van der Waals surface area (Å²) in [5, 5.41) is 19.9. The second-order valence-electron chi connectivity index (χ2n) is 5.23. The van der Waals surface area contributed by atoms with Crippen LogP contribution in [0, 0.1) is 11.8 Å². The topological polar surface area (TPSA) is 92.8 Å². The maximum absolute atomic E-state index is 10.5. The summed E-state index contributed by atoms with van der Waals surface area (Å²) in [6.45, 7) is 0.0617. The summed E-state index contributed by atoms with van der Waals surface area (Å²) in [6.07, 6.45) is 1.10. The third kappa shape index (κ3) is 4.48. The van der Waals surface area contributed by atoms with Crippen LogP contribution in [0.3, 0.4) is 0 Å². The fraction of sp³-hybridized carbons (Fsp3) is 0.438. The van der Waals surface area contributed by atoms with E-state index in [1.165, 1.54) is 0 Å². The van der Waals surface area contributed by atoms with Gasteiger partial charge in [-0.25, -0.2) is 4.79 Å². The van der Waals surface area contributed by atoms with Gasteiger partial charge in [0, 0.05) is 12.0 Å². The van der Waals surface area contributed by atoms with Crippen LogP contribution in [0.5, 0.6) is 0 Å². The molecule has 112 valence electrons. The summed E-state index contributed by atoms with van der Waals surface area (Å²) >= 11 is 0. The third-order valence-electron chi connectivity index (χ3n) is 3.53. The molecule has 0 radical (unpaired) electrons. The van der Waals surface area contributed by atoms with Gasteiger partial charge in [-0.05, 0) is 37.0 Å². The molecule has 1 aliphatic rings. The molecule has 21 heavy (non-hydrogen) atoms. The van der Waals surface area contributed by atoms with Crippen molar-refractivity contribution in [2.24, 2.45) is 5.73 Å². The van der Waals surface area contributed by atoms with Crippen LogP contribution in [0.1, 0.15) is 42.9 Å². The summed E-state index contributed by atoms with van der Waals surface area (Å²) < 4.78 is 4.60. The Bertz CT molecular complexity index is 569. The maximum Gasteiger partial charge on any atom is 0.404 e. The monoisotopic (exact) mass is 289 g/mol. The van der Waals surface area contributed by atoms with Crippen LogP contribution < -0.4 is 5.73 Å². The van der Waals surface area contributed by atoms with E-state index in [0.29, 0.717) is 18.4 Å². The first-order valence-electron chi connectivity index (χ1n) is 6.94. The molecular weight excluding hydrogens is 270 g/mol. The van der Waals surface area contributed by atoms with Crippen molar-refractivity contribution >= 4 is 6.09 Å². The highest BCUT2D eigenvalue weighted by molar-refractivity contribution is 5.64. The van der Waals surface area contributed by atoms with E-state index in [2.05, 4.69) is 16.6 Å². The number of benzene rings is 1. The molecule has 1 atom stereocenters. The summed E-state index contributed by atoms with van der Waals surface area (Å²) in [5.41, 5.74) is 5.44. The summed E-state index contributed by atoms with van der Waals surface area (Å²) in [5.74, 6) is 5.81. The predicted molar refractivity (Wildman–Crippen MR) is 77.2 cm³/mol. The van der Waals surface area contributed by atoms with E-state index in [0.717, 1.165) is 12.0 Å². The normalized spacial score (nSPS) is 17.0. The lowest BCUT2D eigenvalue weighted by molar-refractivity contribution is 0.0240. The molecule has 0 spiro atoms. The molecule has 1 saturated carbocycles. The Balaban J connectivity index is 1.98. The first-order valence-corrected chi connectivity index (χ1v) is 6.94. The average molecular weight is 289 g/mol. The number of aliphatic hydroxyl groups excluding tert-OH is 1. The molecule has 0 bridgehead atoms. The van der Waals surface area contributed by atoms with E-state index >= 15 is 0 Å². The molecule has 1 aromatic carbocycles. The van der Waals surface area contributed by atoms with Gasteiger partial charge in [-0.3, -0.25) is 0 Å². The first-order chi connectivity index (χ1) is 9.98. The summed E-state index contributed by atoms with van der Waals surface area (Å²) in [7, 11) is 0. The van der Waals surface area contributed by atoms with Crippen LogP contribution in [0.2, 0.25) is 0 Å². The van der Waals surface area contributed by atoms with Crippen molar-refractivity contribution in [2.45, 2.75) is 37.4 Å². The molecule has 2 rings (SSSR count). The standard InChI is InChI=1S/C16H19NO4/c17-15(19)21-10-6-14(18)13-4-1-3-12(11-13)5-9-16(20)7-2-8-16/h1,3-4,11,14,18,20H,2,6-8,10H2,(H2,17,19). The Labute approximate surface area is 123 Å². The number of primary amides is 1. The fourth-order valence-electron chi connectivity index (χ4n) is 2.09. The molecule has 1 amide bonds. The Hall–Kier alpha value is -2.03. The molecule has 1 aromatic rings. The van der Waals surface area contributed by atoms with E-state index in [-0.39, 0.29) is 13.0 Å². The zero-order valence-corrected chi connectivity index (χ0v) is 11.7. The molecule has 5 heteroatoms. The lowest BCUT2D eigenvalue weighted by Gasteiger charge is -2.30. The van der Waals surface area contributed by atoms with E-state index < -0.39 is 17.8 Å². The van der Waals surface area contributed by atoms with Crippen molar-refractivity contribution in [3.8, 4) is 11.8 Å². The van der Waals surface area contributed by atoms with E-state index in [9.17, 15) is 15.0 Å². The van der Waals surface area contributed by atoms with E-state index in [1.807, 2.05) is 6.07 Å². The lowest BCUT2D eigenvalue weighted by Crippen LogP contribution is -2.34. The van der Waals surface area contributed by atoms with Gasteiger partial charge in [0.1, 0.15) is 5.60 Å². The largest absolute Gasteiger partial charge is 0.450 e. The zero-order valence-electron chi connectivity index (χ0n) is 11.7. The van der Waals surface area contributed by atoms with Crippen molar-refractivity contribution in [1.82, 2.24) is 0 Å². The van der Waals surface area contributed by atoms with Gasteiger partial charge in [-0.15, -0.1) is 0 Å². The number of hydrogen-bond acceptors (Lipinski definition) is 4. The Morgan fingerprint density at radius 2 is 2.24 bits per heavy atom. The summed E-state index contributed by atoms with van der Waals surface area (Å²) in [6, 6.07) is 7.16. The Morgan fingerprint density at radius 1 is 1.48 bits per heavy atom. The molecule has 0 saturated heterocycles. The summed E-state index contributed by atoms with van der Waals surface area (Å²) in [4.78, 5) is 10.5. The van der Waals surface area contributed by atoms with Gasteiger partial charge >= 0.3 is 6.09 Å². The minimum absolute atomic E-state index is 0.0617. The highest BCUT2D eigenvalue weighted by atomic mass is 16.5. The van der Waals surface area contributed by atoms with Crippen molar-refractivity contribution in [2.75, 3.05) is 6.61 Å². The van der Waals surface area contributed by atoms with Gasteiger partial charge in [-0.1, -0.05) is 24.0 Å². The minimum atomic E-state index is -0.851. The van der Waals surface area contributed by atoms with Gasteiger partial charge in [0.15, 0.2) is 0 Å². The van der Waals surface area contributed by atoms with Gasteiger partial charge in [0.2, 0.25) is 0 Å². The predicted octanol–water partition coefficient (Wildman–Crippen LogP) is 1.47. The quantitative estimate of drug-likeness (QED) is 0.732. The fourth-order valence-corrected chi connectivity index (χ4v) is 2.09. The molecule has 1 fully saturated rings. The number of rotatable bonds is 4. The van der Waals surface area contributed by atoms with Crippen LogP contribution in [0.25, 0.3) is 0 Å². The Morgan fingerprint density at radius 3 is 2.86 bits per heavy atom. The molecule has 0 heterocycles. The van der Waals surface area contributed by atoms with Gasteiger partial charge in [0.25, 0.3) is 0 Å². The van der Waals surface area contributed by atoms with Gasteiger partial charge in [-0.2, -0.15) is 0 Å². The van der Waals surface area contributed by atoms with Crippen LogP contribution in [-0.2, 0) is 4.74 Å². The maximum atomic E-state index is 10.5. The van der Waals surface area contributed by atoms with Crippen LogP contribution in [0.15, 0.2) is 24.3 Å². The van der Waals surface area contributed by atoms with Crippen LogP contribution >= 0.6 is 0 Å². The van der Waals surface area contributed by atoms with Crippen molar-refractivity contribution in [1.29, 1.82) is 0 Å². The number of nitrogens with two attached hydrogens (primary N) is 1. The van der Waals surface area contributed by atoms with Crippen molar-refractivity contribution < 1.29 is 19.7 Å². The molecule has 0 aromatic heterocycles. The number of hydrogen-bond donors (Lipinski definition) is 3. The van der Waals surface area contributed by atoms with Gasteiger partial charge in [0.05, 0.1) is 12.7 Å². The molecule has 4 N–H and O–H groups in total. The molecule has 5 nitrogen and oxygen atoms in total. The van der Waals surface area contributed by atoms with E-state index in [1.54, 1.807) is 18.2 Å². The van der Waals surface area contributed by atoms with Gasteiger partial charge < -0.3 is 20.7 Å². The smallest absolute Gasteiger partial charge is 0.404 e. The number of carbonyl (C=O) groups excluding carboxylic acids is 1. The molecule has 1 aliphatic carbocycles. The molecular formula is C16H19NO4. The lowest BCUT2D eigenvalue weighted by atomic mass is 9.81. The second-order valence-corrected chi connectivity index (χ2v) is 5.23. The first kappa shape index (κ1) is 15.4. The number of ether oxygens (including phenoxy) is 1. The van der Waals surface area contributed by atoms with Crippen molar-refractivity contribution in [3.05, 3.63) is 35.4 Å². The second kappa shape index (κ2) is 6.61. The van der Waals surface area contributed by atoms with Crippen LogP contribution in [0.4, 0.5) is 4.79 Å². The SMILES string of the molecule is NC(=O)OCCC(O)c1cccc(C#CC2(O)CCC2)c1. The average Bonchev–Trinajstić information content (AvgIpc) is 2.43. The minimum Gasteiger partial charge on any atom is -0.450 e.